The molecule has 1 aromatic heterocycles. The fourth-order valence-corrected chi connectivity index (χ4v) is 4.46. The quantitative estimate of drug-likeness (QED) is 0.453. The lowest BCUT2D eigenvalue weighted by Crippen LogP contribution is -2.26. The largest absolute Gasteiger partial charge is 0.436 e. The smallest absolute Gasteiger partial charge is 0.268 e. The molecule has 1 heterocycles. The first-order chi connectivity index (χ1) is 12.3. The molecule has 0 radical (unpaired) electrons. The van der Waals surface area contributed by atoms with Crippen LogP contribution in [0.1, 0.15) is 17.8 Å². The highest BCUT2D eigenvalue weighted by atomic mass is 35.5. The minimum atomic E-state index is -4.67. The highest BCUT2D eigenvalue weighted by Gasteiger charge is 2.38. The Morgan fingerprint density at radius 1 is 1.11 bits per heavy atom. The summed E-state index contributed by atoms with van der Waals surface area (Å²) in [4.78, 5) is -0.253. The topological polar surface area (TPSA) is 64.0 Å². The van der Waals surface area contributed by atoms with Gasteiger partial charge in [0, 0.05) is 13.1 Å². The normalized spacial score (nSPS) is 12.6. The molecule has 0 aliphatic carbocycles. The van der Waals surface area contributed by atoms with Crippen molar-refractivity contribution >= 4 is 56.4 Å². The molecule has 2 aromatic rings. The molecule has 2 rings (SSSR count). The number of aryl methyl sites for hydroxylation is 1. The zero-order valence-corrected chi connectivity index (χ0v) is 17.4. The molecule has 0 unspecified atom stereocenters. The second-order valence-electron chi connectivity index (χ2n) is 5.42. The van der Waals surface area contributed by atoms with E-state index in [1.54, 1.807) is 0 Å². The summed E-state index contributed by atoms with van der Waals surface area (Å²) in [6.07, 6.45) is -4.51. The van der Waals surface area contributed by atoms with Gasteiger partial charge in [-0.05, 0) is 25.5 Å². The molecule has 1 aromatic carbocycles. The van der Waals surface area contributed by atoms with E-state index in [4.69, 9.17) is 46.4 Å². The Morgan fingerprint density at radius 2 is 1.70 bits per heavy atom. The van der Waals surface area contributed by atoms with Crippen LogP contribution in [0.15, 0.2) is 17.0 Å². The number of nitrogens with zero attached hydrogens (tertiary/aromatic N) is 2. The van der Waals surface area contributed by atoms with E-state index in [1.807, 2.05) is 0 Å². The number of hydrogen-bond acceptors (Lipinski definition) is 3. The first kappa shape index (κ1) is 22.6. The van der Waals surface area contributed by atoms with Gasteiger partial charge in [0.15, 0.2) is 5.69 Å². The minimum absolute atomic E-state index is 0.0166. The van der Waals surface area contributed by atoms with E-state index < -0.39 is 26.9 Å². The third-order valence-corrected chi connectivity index (χ3v) is 6.61. The highest BCUT2D eigenvalue weighted by molar-refractivity contribution is 7.89. The van der Waals surface area contributed by atoms with Crippen LogP contribution in [0, 0.1) is 6.92 Å². The molecule has 0 aliphatic rings. The molecule has 0 saturated carbocycles. The lowest BCUT2D eigenvalue weighted by molar-refractivity contribution is -0.141. The number of halogens is 7. The van der Waals surface area contributed by atoms with Crippen LogP contribution in [0.5, 0.6) is 0 Å². The second kappa shape index (κ2) is 8.34. The first-order valence-electron chi connectivity index (χ1n) is 7.29. The predicted octanol–water partition coefficient (Wildman–Crippen LogP) is 5.19. The summed E-state index contributed by atoms with van der Waals surface area (Å²) in [5, 5.41) is 2.97. The van der Waals surface area contributed by atoms with Crippen LogP contribution >= 0.6 is 46.4 Å². The Bertz CT molecular complexity index is 961. The molecule has 27 heavy (non-hydrogen) atoms. The molecule has 0 amide bonds. The Morgan fingerprint density at radius 3 is 2.26 bits per heavy atom. The van der Waals surface area contributed by atoms with Crippen molar-refractivity contribution in [1.29, 1.82) is 0 Å². The van der Waals surface area contributed by atoms with E-state index in [9.17, 15) is 21.6 Å². The number of alkyl halides is 3. The van der Waals surface area contributed by atoms with Crippen molar-refractivity contribution in [2.24, 2.45) is 0 Å². The van der Waals surface area contributed by atoms with E-state index in [1.165, 1.54) is 13.0 Å². The van der Waals surface area contributed by atoms with Crippen LogP contribution < -0.4 is 4.72 Å². The molecule has 0 bridgehead atoms. The standard InChI is InChI=1S/C14H12Cl4F3N3O2S/c1-7-12(18)13(14(19,20)21)23-24(7)4-2-3-22-27(25,26)11-6-9(16)8(15)5-10(11)17/h5-6,22H,2-4H2,1H3. The van der Waals surface area contributed by atoms with E-state index >= 15 is 0 Å². The summed E-state index contributed by atoms with van der Waals surface area (Å²) < 4.78 is 66.3. The lowest BCUT2D eigenvalue weighted by Gasteiger charge is -2.10. The molecule has 5 nitrogen and oxygen atoms in total. The summed E-state index contributed by atoms with van der Waals surface area (Å²) in [5.41, 5.74) is -1.04. The third kappa shape index (κ3) is 5.21. The Hall–Kier alpha value is -0.710. The van der Waals surface area contributed by atoms with Gasteiger partial charge in [0.05, 0.1) is 25.8 Å². The maximum Gasteiger partial charge on any atom is 0.436 e. The average molecular weight is 485 g/mol. The summed E-state index contributed by atoms with van der Waals surface area (Å²) in [5.74, 6) is 0. The number of benzene rings is 1. The van der Waals surface area contributed by atoms with Crippen LogP contribution in [-0.4, -0.2) is 24.7 Å². The van der Waals surface area contributed by atoms with Crippen molar-refractivity contribution in [2.75, 3.05) is 6.54 Å². The second-order valence-corrected chi connectivity index (χ2v) is 8.75. The zero-order chi connectivity index (χ0) is 20.6. The lowest BCUT2D eigenvalue weighted by atomic mass is 10.3. The van der Waals surface area contributed by atoms with E-state index in [2.05, 4.69) is 9.82 Å². The maximum absolute atomic E-state index is 12.8. The minimum Gasteiger partial charge on any atom is -0.268 e. The molecule has 0 atom stereocenters. The van der Waals surface area contributed by atoms with E-state index in [-0.39, 0.29) is 45.2 Å². The molecule has 150 valence electrons. The first-order valence-corrected chi connectivity index (χ1v) is 10.3. The number of aromatic nitrogens is 2. The SMILES string of the molecule is Cc1c(Cl)c(C(F)(F)F)nn1CCCNS(=O)(=O)c1cc(Cl)c(Cl)cc1Cl. The fourth-order valence-electron chi connectivity index (χ4n) is 2.15. The number of nitrogens with one attached hydrogen (secondary N) is 1. The predicted molar refractivity (Wildman–Crippen MR) is 98.3 cm³/mol. The fraction of sp³-hybridized carbons (Fsp3) is 0.357. The Labute approximate surface area is 173 Å². The van der Waals surface area contributed by atoms with Gasteiger partial charge in [0.1, 0.15) is 4.90 Å². The third-order valence-electron chi connectivity index (χ3n) is 3.51. The summed E-state index contributed by atoms with van der Waals surface area (Å²) in [6.45, 7) is 1.35. The van der Waals surface area contributed by atoms with Crippen LogP contribution in [0.4, 0.5) is 13.2 Å². The number of hydrogen-bond donors (Lipinski definition) is 1. The van der Waals surface area contributed by atoms with Gasteiger partial charge >= 0.3 is 6.18 Å². The zero-order valence-electron chi connectivity index (χ0n) is 13.5. The van der Waals surface area contributed by atoms with Gasteiger partial charge < -0.3 is 0 Å². The average Bonchev–Trinajstić information content (AvgIpc) is 2.83. The van der Waals surface area contributed by atoms with Crippen molar-refractivity contribution in [2.45, 2.75) is 31.0 Å². The van der Waals surface area contributed by atoms with Gasteiger partial charge in [0.2, 0.25) is 10.0 Å². The van der Waals surface area contributed by atoms with Crippen molar-refractivity contribution < 1.29 is 21.6 Å². The molecule has 13 heteroatoms. The van der Waals surface area contributed by atoms with Gasteiger partial charge in [0.25, 0.3) is 0 Å². The molecule has 0 spiro atoms. The molecule has 0 aliphatic heterocycles. The van der Waals surface area contributed by atoms with Gasteiger partial charge in [-0.25, -0.2) is 13.1 Å². The van der Waals surface area contributed by atoms with Crippen LogP contribution in [0.3, 0.4) is 0 Å². The van der Waals surface area contributed by atoms with Crippen molar-refractivity contribution in [1.82, 2.24) is 14.5 Å². The van der Waals surface area contributed by atoms with Crippen molar-refractivity contribution in [3.8, 4) is 0 Å². The highest BCUT2D eigenvalue weighted by Crippen LogP contribution is 2.35. The summed E-state index contributed by atoms with van der Waals surface area (Å²) >= 11 is 23.1. The molecule has 1 N–H and O–H groups in total. The Kier molecular flexibility index (Phi) is 6.98. The number of rotatable bonds is 6. The maximum atomic E-state index is 12.8. The van der Waals surface area contributed by atoms with Gasteiger partial charge in [-0.1, -0.05) is 46.4 Å². The van der Waals surface area contributed by atoms with E-state index in [0.717, 1.165) is 10.7 Å². The van der Waals surface area contributed by atoms with Gasteiger partial charge in [-0.3, -0.25) is 4.68 Å². The Balaban J connectivity index is 2.04. The van der Waals surface area contributed by atoms with Crippen LogP contribution in [0.2, 0.25) is 20.1 Å². The summed E-state index contributed by atoms with van der Waals surface area (Å²) in [7, 11) is -3.98. The van der Waals surface area contributed by atoms with Gasteiger partial charge in [-0.2, -0.15) is 18.3 Å². The van der Waals surface area contributed by atoms with Crippen LogP contribution in [0.25, 0.3) is 0 Å². The monoisotopic (exact) mass is 483 g/mol. The molecule has 0 fully saturated rings. The number of sulfonamides is 1. The molecular weight excluding hydrogens is 473 g/mol. The molecule has 0 saturated heterocycles. The van der Waals surface area contributed by atoms with E-state index in [0.29, 0.717) is 0 Å². The van der Waals surface area contributed by atoms with Gasteiger partial charge in [-0.15, -0.1) is 0 Å². The van der Waals surface area contributed by atoms with Crippen LogP contribution in [-0.2, 0) is 22.7 Å². The molecular formula is C14H12Cl4F3N3O2S. The van der Waals surface area contributed by atoms with Crippen molar-refractivity contribution in [3.63, 3.8) is 0 Å². The van der Waals surface area contributed by atoms with Crippen molar-refractivity contribution in [3.05, 3.63) is 43.6 Å². The summed E-state index contributed by atoms with van der Waals surface area (Å²) in [6, 6.07) is 2.31.